The number of carbonyl (C=O) groups is 1. The molecule has 1 amide bonds. The number of methoxy groups -OCH3 is 2. The Morgan fingerprint density at radius 2 is 1.83 bits per heavy atom. The molecule has 5 nitrogen and oxygen atoms in total. The Morgan fingerprint density at radius 1 is 1.10 bits per heavy atom. The number of benzene rings is 2. The van der Waals surface area contributed by atoms with Crippen molar-refractivity contribution in [3.8, 4) is 11.5 Å². The number of rotatable bonds is 6. The number of likely N-dealkylation sites (N-methyl/N-ethyl adjacent to an activating group) is 1. The van der Waals surface area contributed by atoms with Crippen molar-refractivity contribution < 1.29 is 14.3 Å². The highest BCUT2D eigenvalue weighted by Crippen LogP contribution is 2.29. The summed E-state index contributed by atoms with van der Waals surface area (Å²) in [5, 5.41) is 0. The number of carbonyl (C=O) groups excluding carboxylic acids is 1. The highest BCUT2D eigenvalue weighted by Gasteiger charge is 2.32. The van der Waals surface area contributed by atoms with Gasteiger partial charge < -0.3 is 14.4 Å². The van der Waals surface area contributed by atoms with E-state index >= 15 is 0 Å². The average molecular weight is 409 g/mol. The summed E-state index contributed by atoms with van der Waals surface area (Å²) in [7, 11) is 5.22. The summed E-state index contributed by atoms with van der Waals surface area (Å²) in [6.07, 6.45) is 4.77. The zero-order chi connectivity index (χ0) is 21.1. The number of hydrogen-bond donors (Lipinski definition) is 0. The number of ether oxygens (including phenoxy) is 2. The topological polar surface area (TPSA) is 42.0 Å². The molecule has 1 aliphatic heterocycles. The molecule has 0 spiro atoms. The molecule has 1 fully saturated rings. The summed E-state index contributed by atoms with van der Waals surface area (Å²) >= 11 is 0. The first-order valence-corrected chi connectivity index (χ1v) is 10.9. The third-order valence-corrected chi connectivity index (χ3v) is 6.74. The molecule has 0 radical (unpaired) electrons. The predicted molar refractivity (Wildman–Crippen MR) is 118 cm³/mol. The Bertz CT molecular complexity index is 873. The lowest BCUT2D eigenvalue weighted by molar-refractivity contribution is -0.132. The molecule has 1 aliphatic carbocycles. The van der Waals surface area contributed by atoms with Crippen molar-refractivity contribution in [2.75, 3.05) is 34.4 Å². The summed E-state index contributed by atoms with van der Waals surface area (Å²) in [5.74, 6) is 1.60. The largest absolute Gasteiger partial charge is 0.497 e. The average Bonchev–Trinajstić information content (AvgIpc) is 3.23. The normalized spacial score (nSPS) is 19.4. The standard InChI is InChI=1S/C25H32N2O3/c1-26(25(28)16-20-15-23(29-2)10-11-24(20)30-3)21-9-6-12-27(17-21)22-13-18-7-4-5-8-19(18)14-22/h4-5,7-8,10-11,15,21-22H,6,9,12-14,16-17H2,1-3H3/t21-/m1/s1. The number of amides is 1. The van der Waals surface area contributed by atoms with Gasteiger partial charge in [0.25, 0.3) is 0 Å². The van der Waals surface area contributed by atoms with E-state index < -0.39 is 0 Å². The lowest BCUT2D eigenvalue weighted by Gasteiger charge is -2.40. The first kappa shape index (κ1) is 20.7. The van der Waals surface area contributed by atoms with E-state index in [-0.39, 0.29) is 11.9 Å². The fourth-order valence-corrected chi connectivity index (χ4v) is 4.94. The maximum Gasteiger partial charge on any atom is 0.227 e. The highest BCUT2D eigenvalue weighted by molar-refractivity contribution is 5.79. The van der Waals surface area contributed by atoms with Crippen molar-refractivity contribution >= 4 is 5.91 Å². The van der Waals surface area contributed by atoms with Gasteiger partial charge in [-0.2, -0.15) is 0 Å². The van der Waals surface area contributed by atoms with E-state index in [1.165, 1.54) is 11.1 Å². The second-order valence-corrected chi connectivity index (χ2v) is 8.48. The van der Waals surface area contributed by atoms with Gasteiger partial charge in [-0.15, -0.1) is 0 Å². The number of hydrogen-bond acceptors (Lipinski definition) is 4. The Morgan fingerprint density at radius 3 is 2.50 bits per heavy atom. The lowest BCUT2D eigenvalue weighted by atomic mass is 10.0. The number of piperidine rings is 1. The van der Waals surface area contributed by atoms with Crippen LogP contribution >= 0.6 is 0 Å². The van der Waals surface area contributed by atoms with Crippen LogP contribution in [0, 0.1) is 0 Å². The first-order chi connectivity index (χ1) is 14.6. The molecule has 0 N–H and O–H groups in total. The van der Waals surface area contributed by atoms with Gasteiger partial charge in [-0.05, 0) is 61.6 Å². The molecule has 0 unspecified atom stereocenters. The van der Waals surface area contributed by atoms with Crippen LogP contribution in [-0.2, 0) is 24.1 Å². The molecular weight excluding hydrogens is 376 g/mol. The zero-order valence-electron chi connectivity index (χ0n) is 18.3. The SMILES string of the molecule is COc1ccc(OC)c(CC(=O)N(C)[C@@H]2CCCN(C3Cc4ccccc4C3)C2)c1. The van der Waals surface area contributed by atoms with E-state index in [0.29, 0.717) is 12.5 Å². The van der Waals surface area contributed by atoms with Gasteiger partial charge in [0.15, 0.2) is 0 Å². The van der Waals surface area contributed by atoms with Gasteiger partial charge in [-0.3, -0.25) is 9.69 Å². The van der Waals surface area contributed by atoms with Gasteiger partial charge in [0, 0.05) is 31.2 Å². The second-order valence-electron chi connectivity index (χ2n) is 8.48. The van der Waals surface area contributed by atoms with Crippen LogP contribution in [0.5, 0.6) is 11.5 Å². The molecule has 2 aromatic carbocycles. The molecule has 2 aliphatic rings. The van der Waals surface area contributed by atoms with Crippen LogP contribution in [0.4, 0.5) is 0 Å². The molecule has 160 valence electrons. The molecular formula is C25H32N2O3. The fourth-order valence-electron chi connectivity index (χ4n) is 4.94. The van der Waals surface area contributed by atoms with Crippen LogP contribution in [0.15, 0.2) is 42.5 Å². The molecule has 0 aromatic heterocycles. The Hall–Kier alpha value is -2.53. The van der Waals surface area contributed by atoms with Crippen molar-refractivity contribution in [1.29, 1.82) is 0 Å². The summed E-state index contributed by atoms with van der Waals surface area (Å²) < 4.78 is 10.8. The van der Waals surface area contributed by atoms with Crippen LogP contribution < -0.4 is 9.47 Å². The van der Waals surface area contributed by atoms with E-state index in [1.807, 2.05) is 30.1 Å². The summed E-state index contributed by atoms with van der Waals surface area (Å²) in [6.45, 7) is 2.08. The monoisotopic (exact) mass is 408 g/mol. The van der Waals surface area contributed by atoms with Gasteiger partial charge in [0.05, 0.1) is 20.6 Å². The summed E-state index contributed by atoms with van der Waals surface area (Å²) in [4.78, 5) is 17.6. The molecule has 1 atom stereocenters. The predicted octanol–water partition coefficient (Wildman–Crippen LogP) is 3.34. The van der Waals surface area contributed by atoms with Gasteiger partial charge >= 0.3 is 0 Å². The Kier molecular flexibility index (Phi) is 6.28. The van der Waals surface area contributed by atoms with Crippen molar-refractivity contribution in [3.63, 3.8) is 0 Å². The van der Waals surface area contributed by atoms with Crippen molar-refractivity contribution in [3.05, 3.63) is 59.2 Å². The van der Waals surface area contributed by atoms with Gasteiger partial charge in [-0.25, -0.2) is 0 Å². The molecule has 0 saturated carbocycles. The van der Waals surface area contributed by atoms with E-state index in [9.17, 15) is 4.79 Å². The number of fused-ring (bicyclic) bond motifs is 1. The maximum atomic E-state index is 13.1. The fraction of sp³-hybridized carbons (Fsp3) is 0.480. The van der Waals surface area contributed by atoms with Crippen molar-refractivity contribution in [1.82, 2.24) is 9.80 Å². The van der Waals surface area contributed by atoms with Crippen LogP contribution in [-0.4, -0.2) is 62.1 Å². The van der Waals surface area contributed by atoms with Gasteiger partial charge in [0.2, 0.25) is 5.91 Å². The summed E-state index contributed by atoms with van der Waals surface area (Å²) in [5.41, 5.74) is 3.84. The third-order valence-electron chi connectivity index (χ3n) is 6.74. The van der Waals surface area contributed by atoms with Gasteiger partial charge in [0.1, 0.15) is 11.5 Å². The Balaban J connectivity index is 1.40. The van der Waals surface area contributed by atoms with Crippen LogP contribution in [0.1, 0.15) is 29.5 Å². The van der Waals surface area contributed by atoms with Gasteiger partial charge in [-0.1, -0.05) is 24.3 Å². The molecule has 4 rings (SSSR count). The summed E-state index contributed by atoms with van der Waals surface area (Å²) in [6, 6.07) is 15.2. The zero-order valence-corrected chi connectivity index (χ0v) is 18.3. The second kappa shape index (κ2) is 9.09. The minimum absolute atomic E-state index is 0.128. The minimum atomic E-state index is 0.128. The third kappa shape index (κ3) is 4.31. The number of nitrogens with zero attached hydrogens (tertiary/aromatic N) is 2. The first-order valence-electron chi connectivity index (χ1n) is 10.9. The van der Waals surface area contributed by atoms with E-state index in [2.05, 4.69) is 29.2 Å². The van der Waals surface area contributed by atoms with Crippen LogP contribution in [0.25, 0.3) is 0 Å². The van der Waals surface area contributed by atoms with E-state index in [4.69, 9.17) is 9.47 Å². The molecule has 1 saturated heterocycles. The molecule has 0 bridgehead atoms. The molecule has 2 aromatic rings. The molecule has 1 heterocycles. The minimum Gasteiger partial charge on any atom is -0.497 e. The molecule has 30 heavy (non-hydrogen) atoms. The highest BCUT2D eigenvalue weighted by atomic mass is 16.5. The number of likely N-dealkylation sites (tertiary alicyclic amines) is 1. The van der Waals surface area contributed by atoms with Crippen LogP contribution in [0.3, 0.4) is 0 Å². The molecule has 5 heteroatoms. The van der Waals surface area contributed by atoms with E-state index in [1.54, 1.807) is 14.2 Å². The maximum absolute atomic E-state index is 13.1. The Labute approximate surface area is 179 Å². The van der Waals surface area contributed by atoms with Crippen molar-refractivity contribution in [2.45, 2.75) is 44.2 Å². The smallest absolute Gasteiger partial charge is 0.227 e. The van der Waals surface area contributed by atoms with E-state index in [0.717, 1.165) is 55.8 Å². The lowest BCUT2D eigenvalue weighted by Crippen LogP contribution is -2.52. The quantitative estimate of drug-likeness (QED) is 0.735. The van der Waals surface area contributed by atoms with Crippen LogP contribution in [0.2, 0.25) is 0 Å². The van der Waals surface area contributed by atoms with Crippen molar-refractivity contribution in [2.24, 2.45) is 0 Å².